The van der Waals surface area contributed by atoms with Crippen molar-refractivity contribution < 1.29 is 29.7 Å². The van der Waals surface area contributed by atoms with Crippen molar-refractivity contribution in [1.29, 1.82) is 0 Å². The summed E-state index contributed by atoms with van der Waals surface area (Å²) in [6.07, 6.45) is -1.22. The average molecular weight is 380 g/mol. The molecule has 0 aromatic heterocycles. The van der Waals surface area contributed by atoms with E-state index in [4.69, 9.17) is 33.9 Å². The van der Waals surface area contributed by atoms with E-state index in [0.717, 1.165) is 0 Å². The SMILES string of the molecule is CC(O)[C@@H](N)CNNC(=O)[C@@H](CC(N)=O)NC(=S)N[C@H](CO)C(=O)O. The molecule has 2 amide bonds. The third-order valence-corrected chi connectivity index (χ3v) is 3.22. The summed E-state index contributed by atoms with van der Waals surface area (Å²) in [6.45, 7) is 0.805. The van der Waals surface area contributed by atoms with Crippen LogP contribution < -0.4 is 33.0 Å². The van der Waals surface area contributed by atoms with Gasteiger partial charge in [-0.05, 0) is 19.1 Å². The van der Waals surface area contributed by atoms with Crippen LogP contribution in [-0.4, -0.2) is 75.6 Å². The first-order valence-electron chi connectivity index (χ1n) is 7.23. The first kappa shape index (κ1) is 22.9. The normalized spacial score (nSPS) is 15.4. The molecule has 0 bridgehead atoms. The highest BCUT2D eigenvalue weighted by atomic mass is 32.1. The molecule has 0 aliphatic carbocycles. The summed E-state index contributed by atoms with van der Waals surface area (Å²) in [7, 11) is 0. The average Bonchev–Trinajstić information content (AvgIpc) is 2.50. The molecule has 0 radical (unpaired) electrons. The van der Waals surface area contributed by atoms with Crippen LogP contribution >= 0.6 is 12.2 Å². The minimum absolute atomic E-state index is 0.0565. The minimum atomic E-state index is -1.38. The van der Waals surface area contributed by atoms with Crippen LogP contribution in [0.5, 0.6) is 0 Å². The molecule has 0 spiro atoms. The number of hydrogen-bond donors (Lipinski definition) is 9. The largest absolute Gasteiger partial charge is 0.480 e. The van der Waals surface area contributed by atoms with Gasteiger partial charge in [0.2, 0.25) is 5.91 Å². The Morgan fingerprint density at radius 1 is 1.20 bits per heavy atom. The van der Waals surface area contributed by atoms with Gasteiger partial charge in [-0.1, -0.05) is 0 Å². The predicted molar refractivity (Wildman–Crippen MR) is 90.8 cm³/mol. The van der Waals surface area contributed by atoms with E-state index in [2.05, 4.69) is 21.5 Å². The number of carboxylic acid groups (broad SMARTS) is 1. The maximum Gasteiger partial charge on any atom is 0.328 e. The van der Waals surface area contributed by atoms with Crippen molar-refractivity contribution in [2.45, 2.75) is 37.6 Å². The molecule has 0 aliphatic rings. The quantitative estimate of drug-likeness (QED) is 0.123. The number of carbonyl (C=O) groups excluding carboxylic acids is 2. The summed E-state index contributed by atoms with van der Waals surface area (Å²) in [4.78, 5) is 34.0. The summed E-state index contributed by atoms with van der Waals surface area (Å²) >= 11 is 4.85. The van der Waals surface area contributed by atoms with Gasteiger partial charge in [0.05, 0.1) is 19.1 Å². The van der Waals surface area contributed by atoms with Crippen LogP contribution in [0.4, 0.5) is 0 Å². The van der Waals surface area contributed by atoms with Gasteiger partial charge in [0, 0.05) is 12.6 Å². The van der Waals surface area contributed by atoms with Crippen LogP contribution in [0.2, 0.25) is 0 Å². The van der Waals surface area contributed by atoms with E-state index >= 15 is 0 Å². The second-order valence-corrected chi connectivity index (χ2v) is 5.60. The van der Waals surface area contributed by atoms with Gasteiger partial charge >= 0.3 is 5.97 Å². The number of primary amides is 1. The number of amides is 2. The lowest BCUT2D eigenvalue weighted by molar-refractivity contribution is -0.140. The fraction of sp³-hybridized carbons (Fsp3) is 0.667. The monoisotopic (exact) mass is 380 g/mol. The molecular formula is C12H24N6O6S. The highest BCUT2D eigenvalue weighted by Crippen LogP contribution is 1.93. The van der Waals surface area contributed by atoms with E-state index in [1.807, 2.05) is 0 Å². The molecule has 12 nitrogen and oxygen atoms in total. The number of hydrogen-bond acceptors (Lipinski definition) is 8. The Morgan fingerprint density at radius 3 is 2.20 bits per heavy atom. The van der Waals surface area contributed by atoms with Crippen molar-refractivity contribution in [3.05, 3.63) is 0 Å². The highest BCUT2D eigenvalue weighted by molar-refractivity contribution is 7.80. The van der Waals surface area contributed by atoms with Gasteiger partial charge in [0.1, 0.15) is 12.1 Å². The predicted octanol–water partition coefficient (Wildman–Crippen LogP) is -4.53. The molecule has 0 aromatic rings. The fourth-order valence-corrected chi connectivity index (χ4v) is 1.75. The lowest BCUT2D eigenvalue weighted by Gasteiger charge is -2.22. The van der Waals surface area contributed by atoms with Gasteiger partial charge in [-0.3, -0.25) is 15.0 Å². The van der Waals surface area contributed by atoms with E-state index in [1.54, 1.807) is 0 Å². The third kappa shape index (κ3) is 9.73. The topological polar surface area (TPSA) is 212 Å². The zero-order chi connectivity index (χ0) is 19.6. The van der Waals surface area contributed by atoms with Gasteiger partial charge in [-0.25, -0.2) is 10.2 Å². The molecule has 4 atom stereocenters. The number of rotatable bonds is 11. The van der Waals surface area contributed by atoms with Crippen LogP contribution in [0.25, 0.3) is 0 Å². The van der Waals surface area contributed by atoms with Crippen LogP contribution in [0, 0.1) is 0 Å². The van der Waals surface area contributed by atoms with Crippen molar-refractivity contribution in [2.24, 2.45) is 11.5 Å². The van der Waals surface area contributed by atoms with Gasteiger partial charge < -0.3 is 37.4 Å². The van der Waals surface area contributed by atoms with Crippen molar-refractivity contribution >= 4 is 35.1 Å². The van der Waals surface area contributed by atoms with Gasteiger partial charge in [-0.15, -0.1) is 0 Å². The lowest BCUT2D eigenvalue weighted by atomic mass is 10.2. The number of carbonyl (C=O) groups is 3. The van der Waals surface area contributed by atoms with Gasteiger partial charge in [0.15, 0.2) is 5.11 Å². The molecule has 1 unspecified atom stereocenters. The molecule has 0 heterocycles. The first-order valence-corrected chi connectivity index (χ1v) is 7.64. The number of aliphatic hydroxyl groups excluding tert-OH is 2. The zero-order valence-electron chi connectivity index (χ0n) is 13.6. The lowest BCUT2D eigenvalue weighted by Crippen LogP contribution is -2.57. The molecule has 0 rings (SSSR count). The molecule has 0 saturated carbocycles. The van der Waals surface area contributed by atoms with Crippen LogP contribution in [-0.2, 0) is 14.4 Å². The Kier molecular flexibility index (Phi) is 10.5. The number of aliphatic hydroxyl groups is 2. The van der Waals surface area contributed by atoms with E-state index in [-0.39, 0.29) is 11.7 Å². The highest BCUT2D eigenvalue weighted by Gasteiger charge is 2.24. The summed E-state index contributed by atoms with van der Waals surface area (Å²) in [5.41, 5.74) is 15.4. The molecule has 0 fully saturated rings. The molecule has 0 aliphatic heterocycles. The van der Waals surface area contributed by atoms with Gasteiger partial charge in [0.25, 0.3) is 5.91 Å². The standard InChI is InChI=1S/C12H24N6O6S/c1-5(20)6(13)3-15-18-10(22)7(2-9(14)21)16-12(25)17-8(4-19)11(23)24/h5-8,15,19-20H,2-4,13H2,1H3,(H2,14,21)(H,18,22)(H,23,24)(H2,16,17,25)/t5?,6-,7+,8+/m0/s1. The number of nitrogens with two attached hydrogens (primary N) is 2. The second-order valence-electron chi connectivity index (χ2n) is 5.19. The third-order valence-electron chi connectivity index (χ3n) is 2.98. The van der Waals surface area contributed by atoms with Crippen molar-refractivity contribution in [2.75, 3.05) is 13.2 Å². The van der Waals surface area contributed by atoms with E-state index in [9.17, 15) is 19.5 Å². The number of hydrazine groups is 1. The van der Waals surface area contributed by atoms with Crippen LogP contribution in [0.1, 0.15) is 13.3 Å². The number of aliphatic carboxylic acids is 1. The summed E-state index contributed by atoms with van der Waals surface area (Å²) < 4.78 is 0. The smallest absolute Gasteiger partial charge is 0.328 e. The molecule has 25 heavy (non-hydrogen) atoms. The molecule has 13 heteroatoms. The maximum absolute atomic E-state index is 12.1. The van der Waals surface area contributed by atoms with Crippen molar-refractivity contribution in [1.82, 2.24) is 21.5 Å². The number of nitrogens with one attached hydrogen (secondary N) is 4. The van der Waals surface area contributed by atoms with Crippen molar-refractivity contribution in [3.63, 3.8) is 0 Å². The molecule has 0 saturated heterocycles. The maximum atomic E-state index is 12.1. The molecule has 11 N–H and O–H groups in total. The Bertz CT molecular complexity index is 491. The Balaban J connectivity index is 4.66. The first-order chi connectivity index (χ1) is 11.6. The molecule has 144 valence electrons. The number of thiocarbonyl (C=S) groups is 1. The number of carboxylic acids is 1. The Morgan fingerprint density at radius 2 is 1.76 bits per heavy atom. The zero-order valence-corrected chi connectivity index (χ0v) is 14.4. The van der Waals surface area contributed by atoms with Crippen LogP contribution in [0.15, 0.2) is 0 Å². The fourth-order valence-electron chi connectivity index (χ4n) is 1.47. The second kappa shape index (κ2) is 11.5. The molecular weight excluding hydrogens is 356 g/mol. The van der Waals surface area contributed by atoms with E-state index < -0.39 is 55.0 Å². The van der Waals surface area contributed by atoms with Crippen LogP contribution in [0.3, 0.4) is 0 Å². The minimum Gasteiger partial charge on any atom is -0.480 e. The van der Waals surface area contributed by atoms with Crippen molar-refractivity contribution in [3.8, 4) is 0 Å². The van der Waals surface area contributed by atoms with E-state index in [0.29, 0.717) is 0 Å². The summed E-state index contributed by atoms with van der Waals surface area (Å²) in [6, 6.07) is -3.20. The summed E-state index contributed by atoms with van der Waals surface area (Å²) in [5, 5.41) is 31.4. The van der Waals surface area contributed by atoms with Gasteiger partial charge in [-0.2, -0.15) is 0 Å². The Hall–Kier alpha value is -2.06. The molecule has 0 aromatic carbocycles. The summed E-state index contributed by atoms with van der Waals surface area (Å²) in [5.74, 6) is -2.86. The van der Waals surface area contributed by atoms with E-state index in [1.165, 1.54) is 6.92 Å². The Labute approximate surface area is 149 Å².